The molecule has 0 aromatic heterocycles. The van der Waals surface area contributed by atoms with Gasteiger partial charge >= 0.3 is 5.97 Å². The molecule has 2 aliphatic rings. The summed E-state index contributed by atoms with van der Waals surface area (Å²) in [5, 5.41) is 13.3. The molecule has 1 aliphatic carbocycles. The average molecular weight is 468 g/mol. The number of methoxy groups -OCH3 is 1. The summed E-state index contributed by atoms with van der Waals surface area (Å²) in [5.74, 6) is -0.799. The monoisotopic (exact) mass is 467 g/mol. The van der Waals surface area contributed by atoms with Crippen LogP contribution in [0.4, 0.5) is 0 Å². The number of carboxylic acids is 1. The third-order valence-electron chi connectivity index (χ3n) is 6.74. The molecule has 10 heteroatoms. The quantitative estimate of drug-likeness (QED) is 0.568. The van der Waals surface area contributed by atoms with Gasteiger partial charge in [0.05, 0.1) is 12.0 Å². The Morgan fingerprint density at radius 2 is 1.78 bits per heavy atom. The molecule has 178 valence electrons. The molecule has 9 nitrogen and oxygen atoms in total. The number of amides is 1. The normalized spacial score (nSPS) is 19.3. The zero-order valence-electron chi connectivity index (χ0n) is 18.7. The summed E-state index contributed by atoms with van der Waals surface area (Å²) in [4.78, 5) is 26.9. The second-order valence-corrected chi connectivity index (χ2v) is 10.4. The molecule has 1 aliphatic heterocycles. The molecule has 0 radical (unpaired) electrons. The van der Waals surface area contributed by atoms with Crippen molar-refractivity contribution in [2.24, 2.45) is 0 Å². The maximum absolute atomic E-state index is 13.6. The third kappa shape index (κ3) is 4.92. The standard InChI is InChI=1S/C22H33N3O6S/c1-23-17-9-14-24(15-10-17)20(26)11-16-25(22(21(27)28)12-3-4-13-22)32(29,30)19-7-5-18(31-2)6-8-19/h5-8,17,23H,3-4,9-16H2,1-2H3,(H,27,28). The summed E-state index contributed by atoms with van der Waals surface area (Å²) >= 11 is 0. The maximum atomic E-state index is 13.6. The number of nitrogens with zero attached hydrogens (tertiary/aromatic N) is 2. The minimum atomic E-state index is -4.14. The van der Waals surface area contributed by atoms with Gasteiger partial charge in [0.25, 0.3) is 0 Å². The lowest BCUT2D eigenvalue weighted by atomic mass is 9.97. The van der Waals surface area contributed by atoms with Gasteiger partial charge in [-0.05, 0) is 57.0 Å². The molecule has 3 rings (SSSR count). The van der Waals surface area contributed by atoms with Crippen LogP contribution in [0.1, 0.15) is 44.9 Å². The number of carbonyl (C=O) groups excluding carboxylic acids is 1. The first-order valence-corrected chi connectivity index (χ1v) is 12.5. The van der Waals surface area contributed by atoms with Gasteiger partial charge in [0.2, 0.25) is 15.9 Å². The van der Waals surface area contributed by atoms with Crippen LogP contribution in [-0.4, -0.2) is 80.0 Å². The molecular weight excluding hydrogens is 434 g/mol. The van der Waals surface area contributed by atoms with E-state index in [9.17, 15) is 23.1 Å². The molecule has 2 N–H and O–H groups in total. The van der Waals surface area contributed by atoms with Gasteiger partial charge in [0, 0.05) is 32.1 Å². The number of ether oxygens (including phenoxy) is 1. The first-order valence-electron chi connectivity index (χ1n) is 11.1. The summed E-state index contributed by atoms with van der Waals surface area (Å²) in [6, 6.07) is 6.26. The number of carbonyl (C=O) groups is 2. The Labute approximate surface area is 189 Å². The van der Waals surface area contributed by atoms with Crippen LogP contribution in [0.15, 0.2) is 29.2 Å². The average Bonchev–Trinajstić information content (AvgIpc) is 3.30. The Balaban J connectivity index is 1.84. The van der Waals surface area contributed by atoms with Crippen molar-refractivity contribution in [3.05, 3.63) is 24.3 Å². The second kappa shape index (κ2) is 10.2. The summed E-state index contributed by atoms with van der Waals surface area (Å²) < 4.78 is 33.3. The van der Waals surface area contributed by atoms with Crippen LogP contribution in [0.25, 0.3) is 0 Å². The van der Waals surface area contributed by atoms with Gasteiger partial charge in [0.1, 0.15) is 11.3 Å². The SMILES string of the molecule is CNC1CCN(C(=O)CCN(C2(C(=O)O)CCCC2)S(=O)(=O)c2ccc(OC)cc2)CC1. The highest BCUT2D eigenvalue weighted by molar-refractivity contribution is 7.89. The first-order chi connectivity index (χ1) is 15.2. The predicted octanol–water partition coefficient (Wildman–Crippen LogP) is 1.68. The number of likely N-dealkylation sites (tertiary alicyclic amines) is 1. The Hall–Kier alpha value is -2.17. The molecule has 0 spiro atoms. The van der Waals surface area contributed by atoms with E-state index in [1.54, 1.807) is 4.90 Å². The number of nitrogens with one attached hydrogen (secondary N) is 1. The Morgan fingerprint density at radius 3 is 2.28 bits per heavy atom. The number of piperidine rings is 1. The van der Waals surface area contributed by atoms with Gasteiger partial charge in [-0.15, -0.1) is 0 Å². The van der Waals surface area contributed by atoms with Crippen LogP contribution >= 0.6 is 0 Å². The van der Waals surface area contributed by atoms with E-state index in [4.69, 9.17) is 4.74 Å². The Kier molecular flexibility index (Phi) is 7.79. The van der Waals surface area contributed by atoms with Crippen molar-refractivity contribution >= 4 is 21.9 Å². The summed E-state index contributed by atoms with van der Waals surface area (Å²) in [5.41, 5.74) is -1.53. The van der Waals surface area contributed by atoms with Crippen molar-refractivity contribution in [3.63, 3.8) is 0 Å². The first kappa shape index (κ1) is 24.5. The van der Waals surface area contributed by atoms with Gasteiger partial charge in [0.15, 0.2) is 0 Å². The molecule has 1 saturated carbocycles. The molecule has 1 aromatic carbocycles. The lowest BCUT2D eigenvalue weighted by Crippen LogP contribution is -2.56. The largest absolute Gasteiger partial charge is 0.497 e. The van der Waals surface area contributed by atoms with E-state index in [1.807, 2.05) is 7.05 Å². The Bertz CT molecular complexity index is 904. The van der Waals surface area contributed by atoms with E-state index in [1.165, 1.54) is 31.4 Å². The smallest absolute Gasteiger partial charge is 0.325 e. The zero-order chi connectivity index (χ0) is 23.4. The van der Waals surface area contributed by atoms with Crippen LogP contribution in [0.5, 0.6) is 5.75 Å². The van der Waals surface area contributed by atoms with Crippen molar-refractivity contribution in [2.75, 3.05) is 33.8 Å². The number of rotatable bonds is 9. The predicted molar refractivity (Wildman–Crippen MR) is 119 cm³/mol. The lowest BCUT2D eigenvalue weighted by molar-refractivity contribution is -0.148. The van der Waals surface area contributed by atoms with Crippen molar-refractivity contribution < 1.29 is 27.9 Å². The Morgan fingerprint density at radius 1 is 1.19 bits per heavy atom. The number of aliphatic carboxylic acids is 1. The van der Waals surface area contributed by atoms with E-state index in [0.29, 0.717) is 37.7 Å². The highest BCUT2D eigenvalue weighted by Crippen LogP contribution is 2.39. The zero-order valence-corrected chi connectivity index (χ0v) is 19.6. The van der Waals surface area contributed by atoms with E-state index in [-0.39, 0.29) is 36.6 Å². The van der Waals surface area contributed by atoms with Gasteiger partial charge in [-0.3, -0.25) is 9.59 Å². The van der Waals surface area contributed by atoms with E-state index < -0.39 is 21.5 Å². The van der Waals surface area contributed by atoms with Crippen molar-refractivity contribution in [3.8, 4) is 5.75 Å². The van der Waals surface area contributed by atoms with Gasteiger partial charge in [-0.25, -0.2) is 8.42 Å². The lowest BCUT2D eigenvalue weighted by Gasteiger charge is -2.37. The molecule has 1 aromatic rings. The minimum Gasteiger partial charge on any atom is -0.497 e. The summed E-state index contributed by atoms with van der Waals surface area (Å²) in [7, 11) is -0.751. The van der Waals surface area contributed by atoms with E-state index in [2.05, 4.69) is 5.32 Å². The molecule has 0 bridgehead atoms. The van der Waals surface area contributed by atoms with Crippen molar-refractivity contribution in [1.82, 2.24) is 14.5 Å². The fourth-order valence-electron chi connectivity index (χ4n) is 4.74. The van der Waals surface area contributed by atoms with Crippen LogP contribution in [0.2, 0.25) is 0 Å². The number of carboxylic acid groups (broad SMARTS) is 1. The van der Waals surface area contributed by atoms with Crippen molar-refractivity contribution in [2.45, 2.75) is 61.4 Å². The highest BCUT2D eigenvalue weighted by Gasteiger charge is 2.51. The van der Waals surface area contributed by atoms with Gasteiger partial charge < -0.3 is 20.1 Å². The van der Waals surface area contributed by atoms with E-state index >= 15 is 0 Å². The van der Waals surface area contributed by atoms with Gasteiger partial charge in [-0.1, -0.05) is 12.8 Å². The molecule has 0 unspecified atom stereocenters. The van der Waals surface area contributed by atoms with E-state index in [0.717, 1.165) is 17.1 Å². The van der Waals surface area contributed by atoms with Crippen LogP contribution in [0.3, 0.4) is 0 Å². The second-order valence-electron chi connectivity index (χ2n) is 8.49. The number of hydrogen-bond donors (Lipinski definition) is 2. The summed E-state index contributed by atoms with van der Waals surface area (Å²) in [6.07, 6.45) is 3.37. The fraction of sp³-hybridized carbons (Fsp3) is 0.636. The molecule has 1 heterocycles. The topological polar surface area (TPSA) is 116 Å². The molecular formula is C22H33N3O6S. The molecule has 1 amide bonds. The highest BCUT2D eigenvalue weighted by atomic mass is 32.2. The maximum Gasteiger partial charge on any atom is 0.325 e. The molecule has 2 fully saturated rings. The van der Waals surface area contributed by atoms with Crippen molar-refractivity contribution in [1.29, 1.82) is 0 Å². The third-order valence-corrected chi connectivity index (χ3v) is 8.72. The van der Waals surface area contributed by atoms with Crippen LogP contribution in [-0.2, 0) is 19.6 Å². The van der Waals surface area contributed by atoms with Gasteiger partial charge in [-0.2, -0.15) is 4.31 Å². The molecule has 32 heavy (non-hydrogen) atoms. The fourth-order valence-corrected chi connectivity index (χ4v) is 6.53. The number of hydrogen-bond acceptors (Lipinski definition) is 6. The summed E-state index contributed by atoms with van der Waals surface area (Å²) in [6.45, 7) is 1.06. The molecule has 0 atom stereocenters. The number of benzene rings is 1. The minimum absolute atomic E-state index is 0.00638. The van der Waals surface area contributed by atoms with Crippen LogP contribution in [0, 0.1) is 0 Å². The molecule has 1 saturated heterocycles. The van der Waals surface area contributed by atoms with Crippen LogP contribution < -0.4 is 10.1 Å². The number of sulfonamides is 1.